The van der Waals surface area contributed by atoms with Crippen molar-refractivity contribution in [1.82, 2.24) is 0 Å². The molecule has 0 bridgehead atoms. The van der Waals surface area contributed by atoms with Crippen LogP contribution in [0, 0.1) is 10.2 Å². The third-order valence-electron chi connectivity index (χ3n) is 3.27. The highest BCUT2D eigenvalue weighted by atomic mass is 35.7. The maximum Gasteiger partial charge on any atom is 0.212 e. The molecule has 2 aromatic carbocycles. The first-order valence-electron chi connectivity index (χ1n) is 6.96. The van der Waals surface area contributed by atoms with Crippen LogP contribution in [0.15, 0.2) is 72.9 Å². The second kappa shape index (κ2) is 8.01. The topological polar surface area (TPSA) is 96.1 Å². The molecule has 0 radical (unpaired) electrons. The van der Waals surface area contributed by atoms with Gasteiger partial charge in [0.2, 0.25) is 5.52 Å². The van der Waals surface area contributed by atoms with E-state index in [4.69, 9.17) is 18.6 Å². The van der Waals surface area contributed by atoms with Crippen molar-refractivity contribution in [2.45, 2.75) is 13.0 Å². The molecule has 3 rings (SSSR count). The monoisotopic (exact) mass is 333 g/mol. The Balaban J connectivity index is 0.000000338. The molecule has 23 heavy (non-hydrogen) atoms. The molecule has 120 valence electrons. The summed E-state index contributed by atoms with van der Waals surface area (Å²) in [5, 5.41) is 1.30. The van der Waals surface area contributed by atoms with Gasteiger partial charge in [0.25, 0.3) is 0 Å². The Kier molecular flexibility index (Phi) is 6.04. The Labute approximate surface area is 136 Å². The van der Waals surface area contributed by atoms with Gasteiger partial charge in [-0.1, -0.05) is 42.5 Å². The highest BCUT2D eigenvalue weighted by Gasteiger charge is 2.06. The lowest BCUT2D eigenvalue weighted by Crippen LogP contribution is -2.68. The van der Waals surface area contributed by atoms with Gasteiger partial charge in [0.15, 0.2) is 12.7 Å². The largest absolute Gasteiger partial charge is 0.222 e. The number of nitrogens with zero attached hydrogens (tertiary/aromatic N) is 1. The summed E-state index contributed by atoms with van der Waals surface area (Å²) in [6.45, 7) is 1.02. The van der Waals surface area contributed by atoms with E-state index in [1.54, 1.807) is 0 Å². The molecule has 5 nitrogen and oxygen atoms in total. The molecule has 0 aliphatic carbocycles. The van der Waals surface area contributed by atoms with Crippen LogP contribution in [0.25, 0.3) is 10.9 Å². The summed E-state index contributed by atoms with van der Waals surface area (Å²) in [4.78, 5) is 0. The molecule has 0 fully saturated rings. The SMILES string of the molecule is [O-][Cl+3]([O-])([O-])[O-].c1ccc(CC[n+]2cccc3ccccc32)cc1. The first kappa shape index (κ1) is 17.3. The molecule has 0 saturated heterocycles. The van der Waals surface area contributed by atoms with E-state index in [2.05, 4.69) is 77.5 Å². The van der Waals surface area contributed by atoms with Gasteiger partial charge in [-0.15, -0.1) is 10.2 Å². The van der Waals surface area contributed by atoms with Crippen molar-refractivity contribution < 1.29 is 33.4 Å². The number of fused-ring (bicyclic) bond motifs is 1. The van der Waals surface area contributed by atoms with Gasteiger partial charge in [0.1, 0.15) is 0 Å². The van der Waals surface area contributed by atoms with Crippen molar-refractivity contribution in [3.63, 3.8) is 0 Å². The van der Waals surface area contributed by atoms with E-state index < -0.39 is 10.2 Å². The molecule has 1 heterocycles. The average molecular weight is 334 g/mol. The van der Waals surface area contributed by atoms with Crippen molar-refractivity contribution in [2.75, 3.05) is 0 Å². The predicted molar refractivity (Wildman–Crippen MR) is 74.3 cm³/mol. The van der Waals surface area contributed by atoms with Crippen molar-refractivity contribution in [1.29, 1.82) is 0 Å². The predicted octanol–water partition coefficient (Wildman–Crippen LogP) is -1.39. The normalized spacial score (nSPS) is 11.0. The van der Waals surface area contributed by atoms with Crippen LogP contribution in [-0.2, 0) is 13.0 Å². The van der Waals surface area contributed by atoms with Crippen LogP contribution in [0.1, 0.15) is 5.56 Å². The summed E-state index contributed by atoms with van der Waals surface area (Å²) >= 11 is 0. The minimum Gasteiger partial charge on any atom is -0.222 e. The van der Waals surface area contributed by atoms with Gasteiger partial charge in [-0.2, -0.15) is 4.57 Å². The van der Waals surface area contributed by atoms with Crippen molar-refractivity contribution in [2.24, 2.45) is 0 Å². The van der Waals surface area contributed by atoms with Gasteiger partial charge < -0.3 is 0 Å². The number of aryl methyl sites for hydroxylation is 2. The van der Waals surface area contributed by atoms with Crippen molar-refractivity contribution in [3.05, 3.63) is 78.5 Å². The summed E-state index contributed by atoms with van der Waals surface area (Å²) < 4.78 is 36.3. The second-order valence-corrected chi connectivity index (χ2v) is 5.63. The molecule has 0 N–H and O–H groups in total. The number of hydrogen-bond donors (Lipinski definition) is 0. The van der Waals surface area contributed by atoms with E-state index in [1.807, 2.05) is 0 Å². The van der Waals surface area contributed by atoms with Crippen LogP contribution in [0.2, 0.25) is 0 Å². The maximum atomic E-state index is 8.49. The number of aromatic nitrogens is 1. The third-order valence-corrected chi connectivity index (χ3v) is 3.27. The summed E-state index contributed by atoms with van der Waals surface area (Å²) in [7, 11) is -4.94. The lowest BCUT2D eigenvalue weighted by atomic mass is 10.1. The molecule has 6 heteroatoms. The van der Waals surface area contributed by atoms with E-state index in [0.29, 0.717) is 0 Å². The van der Waals surface area contributed by atoms with Crippen LogP contribution in [0.4, 0.5) is 0 Å². The minimum absolute atomic E-state index is 1.02. The molecule has 0 saturated carbocycles. The van der Waals surface area contributed by atoms with Gasteiger partial charge in [-0.3, -0.25) is 0 Å². The first-order chi connectivity index (χ1) is 10.9. The highest BCUT2D eigenvalue weighted by molar-refractivity contribution is 5.74. The Morgan fingerprint density at radius 3 is 2.00 bits per heavy atom. The molecular weight excluding hydrogens is 318 g/mol. The fourth-order valence-corrected chi connectivity index (χ4v) is 2.31. The molecule has 0 amide bonds. The molecule has 1 aromatic heterocycles. The van der Waals surface area contributed by atoms with E-state index in [0.717, 1.165) is 13.0 Å². The first-order valence-corrected chi connectivity index (χ1v) is 8.20. The van der Waals surface area contributed by atoms with Crippen LogP contribution in [-0.4, -0.2) is 0 Å². The number of hydrogen-bond acceptors (Lipinski definition) is 4. The van der Waals surface area contributed by atoms with Gasteiger partial charge >= 0.3 is 0 Å². The van der Waals surface area contributed by atoms with E-state index in [-0.39, 0.29) is 0 Å². The Morgan fingerprint density at radius 1 is 0.739 bits per heavy atom. The highest BCUT2D eigenvalue weighted by Crippen LogP contribution is 2.08. The fourth-order valence-electron chi connectivity index (χ4n) is 2.31. The van der Waals surface area contributed by atoms with Crippen molar-refractivity contribution in [3.8, 4) is 0 Å². The second-order valence-electron chi connectivity index (χ2n) is 4.87. The third kappa shape index (κ3) is 6.32. The number of pyridine rings is 1. The molecule has 3 aromatic rings. The van der Waals surface area contributed by atoms with Crippen LogP contribution in [0.3, 0.4) is 0 Å². The Morgan fingerprint density at radius 2 is 1.30 bits per heavy atom. The Bertz CT molecular complexity index is 733. The summed E-state index contributed by atoms with van der Waals surface area (Å²) in [5.41, 5.74) is 2.69. The van der Waals surface area contributed by atoms with Gasteiger partial charge in [-0.05, 0) is 17.7 Å². The quantitative estimate of drug-likeness (QED) is 0.551. The standard InChI is InChI=1S/C17H16N.ClHO4/c1-2-7-15(8-3-1)12-14-18-13-6-10-16-9-4-5-11-17(16)18;2-1(3,4)5/h1-11,13H,12,14H2;(H,2,3,4,5)/q+1;/p-1. The minimum atomic E-state index is -4.94. The van der Waals surface area contributed by atoms with Gasteiger partial charge in [-0.25, -0.2) is 18.6 Å². The summed E-state index contributed by atoms with van der Waals surface area (Å²) in [6, 6.07) is 23.4. The maximum absolute atomic E-state index is 8.49. The average Bonchev–Trinajstić information content (AvgIpc) is 2.52. The zero-order chi connectivity index (χ0) is 16.7. The van der Waals surface area contributed by atoms with Gasteiger partial charge in [0, 0.05) is 23.9 Å². The molecule has 0 spiro atoms. The molecule has 0 aliphatic rings. The molecular formula is C17H16ClNO4. The zero-order valence-electron chi connectivity index (χ0n) is 12.3. The molecule has 0 unspecified atom stereocenters. The summed E-state index contributed by atoms with van der Waals surface area (Å²) in [5.74, 6) is 0. The van der Waals surface area contributed by atoms with E-state index in [9.17, 15) is 0 Å². The van der Waals surface area contributed by atoms with Gasteiger partial charge in [0.05, 0.1) is 0 Å². The lowest BCUT2D eigenvalue weighted by molar-refractivity contribution is -2.00. The number of benzene rings is 2. The number of halogens is 1. The smallest absolute Gasteiger partial charge is 0.212 e. The van der Waals surface area contributed by atoms with Crippen molar-refractivity contribution >= 4 is 10.9 Å². The van der Waals surface area contributed by atoms with E-state index >= 15 is 0 Å². The number of para-hydroxylation sites is 1. The van der Waals surface area contributed by atoms with Crippen LogP contribution in [0.5, 0.6) is 0 Å². The van der Waals surface area contributed by atoms with Crippen LogP contribution < -0.4 is 23.2 Å². The van der Waals surface area contributed by atoms with E-state index in [1.165, 1.54) is 16.5 Å². The Hall–Kier alpha value is -2.02. The zero-order valence-corrected chi connectivity index (χ0v) is 13.1. The summed E-state index contributed by atoms with van der Waals surface area (Å²) in [6.07, 6.45) is 3.23. The van der Waals surface area contributed by atoms with Crippen LogP contribution >= 0.6 is 0 Å². The fraction of sp³-hybridized carbons (Fsp3) is 0.118. The number of rotatable bonds is 3. The molecule has 0 atom stereocenters. The lowest BCUT2D eigenvalue weighted by Gasteiger charge is -2.17. The molecule has 0 aliphatic heterocycles.